The maximum atomic E-state index is 11.4. The summed E-state index contributed by atoms with van der Waals surface area (Å²) in [5.41, 5.74) is 0. The number of nitrogens with one attached hydrogen (secondary N) is 2. The topological polar surface area (TPSA) is 76.1 Å². The molecule has 1 amide bonds. The lowest BCUT2D eigenvalue weighted by atomic mass is 10.4. The van der Waals surface area contributed by atoms with Gasteiger partial charge in [-0.15, -0.1) is 0 Å². The Morgan fingerprint density at radius 1 is 1.39 bits per heavy atom. The summed E-state index contributed by atoms with van der Waals surface area (Å²) in [5, 5.41) is 5.62. The van der Waals surface area contributed by atoms with Gasteiger partial charge in [0, 0.05) is 18.3 Å². The minimum atomic E-state index is -0.0937. The van der Waals surface area contributed by atoms with Crippen molar-refractivity contribution in [2.24, 2.45) is 0 Å². The largest absolute Gasteiger partial charge is 0.475 e. The molecule has 18 heavy (non-hydrogen) atoms. The quantitative estimate of drug-likeness (QED) is 0.795. The fraction of sp³-hybridized carbons (Fsp3) is 0.583. The van der Waals surface area contributed by atoms with Crippen molar-refractivity contribution in [3.63, 3.8) is 0 Å². The Labute approximate surface area is 107 Å². The van der Waals surface area contributed by atoms with Crippen molar-refractivity contribution in [2.45, 2.75) is 39.8 Å². The van der Waals surface area contributed by atoms with Crippen LogP contribution in [-0.2, 0) is 4.79 Å². The van der Waals surface area contributed by atoms with E-state index in [1.807, 2.05) is 27.7 Å². The third-order valence-electron chi connectivity index (χ3n) is 1.84. The van der Waals surface area contributed by atoms with Crippen molar-refractivity contribution >= 4 is 11.9 Å². The van der Waals surface area contributed by atoms with Crippen LogP contribution in [0.15, 0.2) is 12.3 Å². The van der Waals surface area contributed by atoms with Gasteiger partial charge in [0.15, 0.2) is 0 Å². The van der Waals surface area contributed by atoms with Gasteiger partial charge in [-0.25, -0.2) is 4.98 Å². The summed E-state index contributed by atoms with van der Waals surface area (Å²) < 4.78 is 5.43. The molecular weight excluding hydrogens is 232 g/mol. The molecule has 0 unspecified atom stereocenters. The molecule has 0 spiro atoms. The summed E-state index contributed by atoms with van der Waals surface area (Å²) in [6.07, 6.45) is 1.64. The second-order valence-electron chi connectivity index (χ2n) is 4.46. The molecule has 0 aliphatic heterocycles. The molecule has 1 heterocycles. The van der Waals surface area contributed by atoms with Crippen LogP contribution in [0.3, 0.4) is 0 Å². The van der Waals surface area contributed by atoms with Gasteiger partial charge in [0.1, 0.15) is 0 Å². The summed E-state index contributed by atoms with van der Waals surface area (Å²) in [4.78, 5) is 19.6. The van der Waals surface area contributed by atoms with E-state index in [0.717, 1.165) is 0 Å². The van der Waals surface area contributed by atoms with Gasteiger partial charge in [-0.3, -0.25) is 4.79 Å². The summed E-state index contributed by atoms with van der Waals surface area (Å²) in [7, 11) is 0. The first-order valence-electron chi connectivity index (χ1n) is 6.00. The molecule has 0 aromatic carbocycles. The molecule has 0 atom stereocenters. The smallest absolute Gasteiger partial charge is 0.239 e. The zero-order valence-corrected chi connectivity index (χ0v) is 11.2. The molecule has 0 radical (unpaired) electrons. The highest BCUT2D eigenvalue weighted by Gasteiger charge is 2.05. The molecule has 0 saturated heterocycles. The Balaban J connectivity index is 2.49. The average molecular weight is 252 g/mol. The summed E-state index contributed by atoms with van der Waals surface area (Å²) in [5.74, 6) is 0.780. The average Bonchev–Trinajstić information content (AvgIpc) is 2.25. The number of anilines is 1. The van der Waals surface area contributed by atoms with E-state index >= 15 is 0 Å². The first-order valence-corrected chi connectivity index (χ1v) is 6.00. The highest BCUT2D eigenvalue weighted by Crippen LogP contribution is 2.09. The predicted molar refractivity (Wildman–Crippen MR) is 69.6 cm³/mol. The van der Waals surface area contributed by atoms with Crippen LogP contribution in [0.25, 0.3) is 0 Å². The number of hydrogen-bond donors (Lipinski definition) is 2. The molecule has 1 aromatic rings. The van der Waals surface area contributed by atoms with E-state index in [0.29, 0.717) is 11.8 Å². The second kappa shape index (κ2) is 6.78. The van der Waals surface area contributed by atoms with E-state index in [4.69, 9.17) is 4.74 Å². The normalized spacial score (nSPS) is 10.6. The van der Waals surface area contributed by atoms with Crippen LogP contribution in [-0.4, -0.2) is 34.6 Å². The number of carbonyl (C=O) groups excluding carboxylic acids is 1. The van der Waals surface area contributed by atoms with Crippen molar-refractivity contribution < 1.29 is 9.53 Å². The number of rotatable bonds is 6. The number of aromatic nitrogens is 2. The monoisotopic (exact) mass is 252 g/mol. The van der Waals surface area contributed by atoms with E-state index in [9.17, 15) is 4.79 Å². The Bertz CT molecular complexity index is 393. The van der Waals surface area contributed by atoms with Gasteiger partial charge in [-0.1, -0.05) is 0 Å². The zero-order chi connectivity index (χ0) is 13.5. The Hall–Kier alpha value is -1.85. The van der Waals surface area contributed by atoms with Crippen molar-refractivity contribution in [1.82, 2.24) is 15.3 Å². The molecule has 1 rings (SSSR count). The SMILES string of the molecule is CC(C)NC(=O)CNc1nccc(OC(C)C)n1. The minimum absolute atomic E-state index is 0.0528. The van der Waals surface area contributed by atoms with Crippen LogP contribution in [0.2, 0.25) is 0 Å². The number of nitrogens with zero attached hydrogens (tertiary/aromatic N) is 2. The molecule has 6 heteroatoms. The predicted octanol–water partition coefficient (Wildman–Crippen LogP) is 1.20. The molecule has 2 N–H and O–H groups in total. The van der Waals surface area contributed by atoms with E-state index < -0.39 is 0 Å². The third kappa shape index (κ3) is 5.47. The highest BCUT2D eigenvalue weighted by molar-refractivity contribution is 5.80. The number of hydrogen-bond acceptors (Lipinski definition) is 5. The molecule has 0 fully saturated rings. The van der Waals surface area contributed by atoms with E-state index in [2.05, 4.69) is 20.6 Å². The Morgan fingerprint density at radius 2 is 2.11 bits per heavy atom. The number of ether oxygens (including phenoxy) is 1. The lowest BCUT2D eigenvalue weighted by Crippen LogP contribution is -2.35. The Kier molecular flexibility index (Phi) is 5.35. The standard InChI is InChI=1S/C12H20N4O2/c1-8(2)15-10(17)7-14-12-13-6-5-11(16-12)18-9(3)4/h5-6,8-9H,7H2,1-4H3,(H,15,17)(H,13,14,16). The summed E-state index contributed by atoms with van der Waals surface area (Å²) in [6, 6.07) is 1.80. The van der Waals surface area contributed by atoms with Crippen molar-refractivity contribution in [2.75, 3.05) is 11.9 Å². The van der Waals surface area contributed by atoms with Crippen LogP contribution in [0.5, 0.6) is 5.88 Å². The molecule has 0 bridgehead atoms. The lowest BCUT2D eigenvalue weighted by Gasteiger charge is -2.11. The molecule has 0 saturated carbocycles. The first-order chi connectivity index (χ1) is 8.47. The molecule has 6 nitrogen and oxygen atoms in total. The van der Waals surface area contributed by atoms with Crippen molar-refractivity contribution in [3.8, 4) is 5.88 Å². The Morgan fingerprint density at radius 3 is 2.72 bits per heavy atom. The van der Waals surface area contributed by atoms with Gasteiger partial charge in [0.05, 0.1) is 12.6 Å². The van der Waals surface area contributed by atoms with Gasteiger partial charge >= 0.3 is 0 Å². The van der Waals surface area contributed by atoms with E-state index in [-0.39, 0.29) is 24.6 Å². The van der Waals surface area contributed by atoms with Gasteiger partial charge in [0.2, 0.25) is 17.7 Å². The van der Waals surface area contributed by atoms with Crippen molar-refractivity contribution in [3.05, 3.63) is 12.3 Å². The fourth-order valence-corrected chi connectivity index (χ4v) is 1.27. The first kappa shape index (κ1) is 14.2. The molecule has 1 aromatic heterocycles. The second-order valence-corrected chi connectivity index (χ2v) is 4.46. The van der Waals surface area contributed by atoms with Crippen LogP contribution in [0, 0.1) is 0 Å². The van der Waals surface area contributed by atoms with Gasteiger partial charge in [-0.2, -0.15) is 4.98 Å². The zero-order valence-electron chi connectivity index (χ0n) is 11.2. The van der Waals surface area contributed by atoms with Gasteiger partial charge in [0.25, 0.3) is 0 Å². The molecule has 100 valence electrons. The van der Waals surface area contributed by atoms with E-state index in [1.165, 1.54) is 0 Å². The van der Waals surface area contributed by atoms with Crippen LogP contribution < -0.4 is 15.4 Å². The molecule has 0 aliphatic carbocycles. The maximum Gasteiger partial charge on any atom is 0.239 e. The third-order valence-corrected chi connectivity index (χ3v) is 1.84. The molecule has 0 aliphatic rings. The van der Waals surface area contributed by atoms with Crippen LogP contribution in [0.1, 0.15) is 27.7 Å². The van der Waals surface area contributed by atoms with Crippen molar-refractivity contribution in [1.29, 1.82) is 0 Å². The number of amides is 1. The molecular formula is C12H20N4O2. The lowest BCUT2D eigenvalue weighted by molar-refractivity contribution is -0.119. The van der Waals surface area contributed by atoms with Crippen LogP contribution >= 0.6 is 0 Å². The maximum absolute atomic E-state index is 11.4. The minimum Gasteiger partial charge on any atom is -0.475 e. The van der Waals surface area contributed by atoms with E-state index in [1.54, 1.807) is 12.3 Å². The van der Waals surface area contributed by atoms with Gasteiger partial charge < -0.3 is 15.4 Å². The fourth-order valence-electron chi connectivity index (χ4n) is 1.27. The van der Waals surface area contributed by atoms with Gasteiger partial charge in [-0.05, 0) is 27.7 Å². The highest BCUT2D eigenvalue weighted by atomic mass is 16.5. The van der Waals surface area contributed by atoms with Crippen LogP contribution in [0.4, 0.5) is 5.95 Å². The summed E-state index contributed by atoms with van der Waals surface area (Å²) in [6.45, 7) is 7.80. The summed E-state index contributed by atoms with van der Waals surface area (Å²) >= 11 is 0. The number of carbonyl (C=O) groups is 1.